The van der Waals surface area contributed by atoms with Gasteiger partial charge in [-0.05, 0) is 24.3 Å². The number of nitrogens with zero attached hydrogens (tertiary/aromatic N) is 2. The van der Waals surface area contributed by atoms with Gasteiger partial charge in [-0.3, -0.25) is 0 Å². The smallest absolute Gasteiger partial charge is 0.341 e. The van der Waals surface area contributed by atoms with Gasteiger partial charge in [-0.15, -0.1) is 0 Å². The van der Waals surface area contributed by atoms with E-state index in [4.69, 9.17) is 14.6 Å². The summed E-state index contributed by atoms with van der Waals surface area (Å²) < 4.78 is 10.8. The number of carboxylic acid groups (broad SMARTS) is 1. The van der Waals surface area contributed by atoms with Crippen LogP contribution in [0, 0.1) is 0 Å². The Hall–Kier alpha value is -3.35. The summed E-state index contributed by atoms with van der Waals surface area (Å²) in [4.78, 5) is 22.5. The highest BCUT2D eigenvalue weighted by Gasteiger charge is 2.13. The second kappa shape index (κ2) is 6.82. The Labute approximate surface area is 137 Å². The van der Waals surface area contributed by atoms with Crippen molar-refractivity contribution >= 4 is 17.1 Å². The van der Waals surface area contributed by atoms with Gasteiger partial charge in [-0.2, -0.15) is 0 Å². The van der Waals surface area contributed by atoms with Crippen LogP contribution < -0.4 is 9.47 Å². The number of rotatable bonds is 7. The van der Waals surface area contributed by atoms with Gasteiger partial charge in [0.05, 0.1) is 11.1 Å². The first-order valence-corrected chi connectivity index (χ1v) is 7.21. The molecular weight excluding hydrogens is 310 g/mol. The Morgan fingerprint density at radius 1 is 1.33 bits per heavy atom. The standard InChI is InChI=1S/C17H15N3O4/c1-2-8-23-14-9-11(24-10-15(21)22)5-6-12(14)16-19-13-4-3-7-18-17(13)20-16/h2-7,9H,1,8,10H2,(H,21,22)(H,18,19,20). The SMILES string of the molecule is C=CCOc1cc(OCC(=O)O)ccc1-c1nc2ncccc2[nH]1. The highest BCUT2D eigenvalue weighted by atomic mass is 16.5. The topological polar surface area (TPSA) is 97.3 Å². The minimum absolute atomic E-state index is 0.299. The van der Waals surface area contributed by atoms with Crippen molar-refractivity contribution in [2.75, 3.05) is 13.2 Å². The molecule has 0 bridgehead atoms. The molecular formula is C17H15N3O4. The summed E-state index contributed by atoms with van der Waals surface area (Å²) in [5.74, 6) is 0.467. The summed E-state index contributed by atoms with van der Waals surface area (Å²) in [5.41, 5.74) is 2.14. The fourth-order valence-corrected chi connectivity index (χ4v) is 2.17. The van der Waals surface area contributed by atoms with Crippen LogP contribution in [-0.4, -0.2) is 39.2 Å². The van der Waals surface area contributed by atoms with E-state index in [1.807, 2.05) is 12.1 Å². The Morgan fingerprint density at radius 3 is 2.96 bits per heavy atom. The van der Waals surface area contributed by atoms with Crippen molar-refractivity contribution in [3.05, 3.63) is 49.2 Å². The molecule has 0 saturated heterocycles. The predicted octanol–water partition coefficient (Wildman–Crippen LogP) is 2.65. The number of aliphatic carboxylic acids is 1. The number of carboxylic acids is 1. The van der Waals surface area contributed by atoms with Gasteiger partial charge in [0.1, 0.15) is 23.9 Å². The second-order valence-electron chi connectivity index (χ2n) is 4.90. The molecule has 0 fully saturated rings. The molecule has 3 rings (SSSR count). The van der Waals surface area contributed by atoms with E-state index in [2.05, 4.69) is 21.5 Å². The van der Waals surface area contributed by atoms with Gasteiger partial charge in [0.2, 0.25) is 0 Å². The van der Waals surface area contributed by atoms with Crippen molar-refractivity contribution in [3.63, 3.8) is 0 Å². The van der Waals surface area contributed by atoms with Gasteiger partial charge in [-0.1, -0.05) is 12.7 Å². The largest absolute Gasteiger partial charge is 0.489 e. The molecule has 0 spiro atoms. The van der Waals surface area contributed by atoms with Crippen molar-refractivity contribution in [1.29, 1.82) is 0 Å². The predicted molar refractivity (Wildman–Crippen MR) is 88.1 cm³/mol. The molecule has 0 saturated carbocycles. The second-order valence-corrected chi connectivity index (χ2v) is 4.90. The van der Waals surface area contributed by atoms with E-state index in [1.165, 1.54) is 0 Å². The fraction of sp³-hybridized carbons (Fsp3) is 0.118. The lowest BCUT2D eigenvalue weighted by molar-refractivity contribution is -0.139. The first-order valence-electron chi connectivity index (χ1n) is 7.21. The maximum atomic E-state index is 10.6. The number of carbonyl (C=O) groups is 1. The first-order chi connectivity index (χ1) is 11.7. The van der Waals surface area contributed by atoms with Crippen LogP contribution in [0.2, 0.25) is 0 Å². The summed E-state index contributed by atoms with van der Waals surface area (Å²) in [7, 11) is 0. The summed E-state index contributed by atoms with van der Waals surface area (Å²) in [6.45, 7) is 3.51. The van der Waals surface area contributed by atoms with Gasteiger partial charge < -0.3 is 19.6 Å². The highest BCUT2D eigenvalue weighted by molar-refractivity contribution is 5.78. The molecule has 122 valence electrons. The zero-order valence-electron chi connectivity index (χ0n) is 12.7. The third-order valence-corrected chi connectivity index (χ3v) is 3.18. The van der Waals surface area contributed by atoms with E-state index < -0.39 is 12.6 Å². The quantitative estimate of drug-likeness (QED) is 0.648. The van der Waals surface area contributed by atoms with Gasteiger partial charge >= 0.3 is 5.97 Å². The third kappa shape index (κ3) is 3.35. The lowest BCUT2D eigenvalue weighted by Crippen LogP contribution is -2.09. The van der Waals surface area contributed by atoms with Crippen LogP contribution in [0.4, 0.5) is 0 Å². The normalized spacial score (nSPS) is 10.5. The number of hydrogen-bond acceptors (Lipinski definition) is 5. The Morgan fingerprint density at radius 2 is 2.21 bits per heavy atom. The average Bonchev–Trinajstić information content (AvgIpc) is 3.02. The van der Waals surface area contributed by atoms with Crippen LogP contribution in [0.5, 0.6) is 11.5 Å². The number of hydrogen-bond donors (Lipinski definition) is 2. The minimum atomic E-state index is -1.05. The van der Waals surface area contributed by atoms with E-state index in [-0.39, 0.29) is 0 Å². The number of aromatic nitrogens is 3. The fourth-order valence-electron chi connectivity index (χ4n) is 2.17. The van der Waals surface area contributed by atoms with E-state index in [1.54, 1.807) is 30.5 Å². The number of aromatic amines is 1. The van der Waals surface area contributed by atoms with Crippen LogP contribution in [0.3, 0.4) is 0 Å². The molecule has 0 amide bonds. The molecule has 7 nitrogen and oxygen atoms in total. The molecule has 0 radical (unpaired) electrons. The molecule has 0 unspecified atom stereocenters. The molecule has 24 heavy (non-hydrogen) atoms. The van der Waals surface area contributed by atoms with Crippen LogP contribution >= 0.6 is 0 Å². The Balaban J connectivity index is 1.98. The maximum absolute atomic E-state index is 10.6. The molecule has 0 aliphatic heterocycles. The number of fused-ring (bicyclic) bond motifs is 1. The average molecular weight is 325 g/mol. The molecule has 0 aliphatic rings. The molecule has 7 heteroatoms. The minimum Gasteiger partial charge on any atom is -0.489 e. The number of ether oxygens (including phenoxy) is 2. The van der Waals surface area contributed by atoms with Crippen LogP contribution in [0.1, 0.15) is 0 Å². The van der Waals surface area contributed by atoms with Crippen molar-refractivity contribution < 1.29 is 19.4 Å². The molecule has 2 aromatic heterocycles. The molecule has 0 atom stereocenters. The van der Waals surface area contributed by atoms with Crippen molar-refractivity contribution in [2.45, 2.75) is 0 Å². The summed E-state index contributed by atoms with van der Waals surface area (Å²) in [6, 6.07) is 8.76. The molecule has 0 aliphatic carbocycles. The monoisotopic (exact) mass is 325 g/mol. The third-order valence-electron chi connectivity index (χ3n) is 3.18. The van der Waals surface area contributed by atoms with E-state index in [9.17, 15) is 4.79 Å². The van der Waals surface area contributed by atoms with Gasteiger partial charge in [0.25, 0.3) is 0 Å². The van der Waals surface area contributed by atoms with Crippen molar-refractivity contribution in [1.82, 2.24) is 15.0 Å². The van der Waals surface area contributed by atoms with Crippen LogP contribution in [-0.2, 0) is 4.79 Å². The maximum Gasteiger partial charge on any atom is 0.341 e. The van der Waals surface area contributed by atoms with E-state index in [0.29, 0.717) is 29.6 Å². The van der Waals surface area contributed by atoms with Crippen molar-refractivity contribution in [3.8, 4) is 22.9 Å². The number of nitrogens with one attached hydrogen (secondary N) is 1. The summed E-state index contributed by atoms with van der Waals surface area (Å²) >= 11 is 0. The number of pyridine rings is 1. The van der Waals surface area contributed by atoms with Crippen LogP contribution in [0.15, 0.2) is 49.2 Å². The lowest BCUT2D eigenvalue weighted by Gasteiger charge is -2.11. The van der Waals surface area contributed by atoms with Crippen LogP contribution in [0.25, 0.3) is 22.6 Å². The number of benzene rings is 1. The molecule has 2 heterocycles. The lowest BCUT2D eigenvalue weighted by atomic mass is 10.2. The van der Waals surface area contributed by atoms with E-state index >= 15 is 0 Å². The first kappa shape index (κ1) is 15.5. The number of H-pyrrole nitrogens is 1. The zero-order chi connectivity index (χ0) is 16.9. The molecule has 2 N–H and O–H groups in total. The van der Waals surface area contributed by atoms with Gasteiger partial charge in [0.15, 0.2) is 12.3 Å². The van der Waals surface area contributed by atoms with E-state index in [0.717, 1.165) is 11.1 Å². The summed E-state index contributed by atoms with van der Waals surface area (Å²) in [5, 5.41) is 8.71. The number of imidazole rings is 1. The Bertz CT molecular complexity index is 855. The zero-order valence-corrected chi connectivity index (χ0v) is 12.7. The molecule has 1 aromatic carbocycles. The molecule has 3 aromatic rings. The van der Waals surface area contributed by atoms with Gasteiger partial charge in [0, 0.05) is 12.3 Å². The highest BCUT2D eigenvalue weighted by Crippen LogP contribution is 2.32. The summed E-state index contributed by atoms with van der Waals surface area (Å²) in [6.07, 6.45) is 3.29. The Kier molecular flexibility index (Phi) is 4.42. The van der Waals surface area contributed by atoms with Crippen molar-refractivity contribution in [2.24, 2.45) is 0 Å². The van der Waals surface area contributed by atoms with Gasteiger partial charge in [-0.25, -0.2) is 14.8 Å².